The van der Waals surface area contributed by atoms with Gasteiger partial charge >= 0.3 is 6.18 Å². The Hall–Kier alpha value is -2.99. The average Bonchev–Trinajstić information content (AvgIpc) is 3.17. The molecule has 6 heteroatoms. The topological polar surface area (TPSA) is 17.8 Å². The van der Waals surface area contributed by atoms with E-state index in [0.29, 0.717) is 5.75 Å². The molecule has 3 aromatic carbocycles. The summed E-state index contributed by atoms with van der Waals surface area (Å²) in [4.78, 5) is 4.80. The van der Waals surface area contributed by atoms with Gasteiger partial charge in [0.25, 0.3) is 0 Å². The van der Waals surface area contributed by atoms with E-state index in [9.17, 15) is 13.2 Å². The van der Waals surface area contributed by atoms with Crippen molar-refractivity contribution in [2.24, 2.45) is 0 Å². The van der Waals surface area contributed by atoms with Gasteiger partial charge in [0.05, 0.1) is 11.3 Å². The Labute approximate surface area is 177 Å². The summed E-state index contributed by atoms with van der Waals surface area (Å²) in [5, 5.41) is 0.791. The molecule has 0 N–H and O–H groups in total. The molecule has 0 atom stereocenters. The van der Waals surface area contributed by atoms with Gasteiger partial charge < -0.3 is 0 Å². The van der Waals surface area contributed by atoms with E-state index in [0.717, 1.165) is 45.4 Å². The molecule has 0 aliphatic rings. The fourth-order valence-corrected chi connectivity index (χ4v) is 4.06. The largest absolute Gasteiger partial charge is 0.416 e. The van der Waals surface area contributed by atoms with Gasteiger partial charge in [0.15, 0.2) is 5.16 Å². The third kappa shape index (κ3) is 4.60. The predicted molar refractivity (Wildman–Crippen MR) is 115 cm³/mol. The lowest BCUT2D eigenvalue weighted by molar-refractivity contribution is -0.137. The smallest absolute Gasteiger partial charge is 0.294 e. The fourth-order valence-electron chi connectivity index (χ4n) is 3.11. The van der Waals surface area contributed by atoms with Crippen LogP contribution in [0.5, 0.6) is 0 Å². The van der Waals surface area contributed by atoms with Crippen molar-refractivity contribution in [3.63, 3.8) is 0 Å². The summed E-state index contributed by atoms with van der Waals surface area (Å²) in [6, 6.07) is 23.3. The number of thioether (sulfide) groups is 1. The normalized spacial score (nSPS) is 11.6. The zero-order chi connectivity index (χ0) is 21.1. The minimum atomic E-state index is -4.32. The van der Waals surface area contributed by atoms with Gasteiger partial charge in [-0.05, 0) is 42.3 Å². The molecular weight excluding hydrogens is 405 g/mol. The van der Waals surface area contributed by atoms with Gasteiger partial charge in [0.1, 0.15) is 0 Å². The van der Waals surface area contributed by atoms with E-state index in [-0.39, 0.29) is 0 Å². The van der Waals surface area contributed by atoms with Crippen LogP contribution in [-0.4, -0.2) is 9.55 Å². The molecule has 1 heterocycles. The lowest BCUT2D eigenvalue weighted by atomic mass is 10.1. The first-order valence-electron chi connectivity index (χ1n) is 9.41. The monoisotopic (exact) mass is 424 g/mol. The highest BCUT2D eigenvalue weighted by Gasteiger charge is 2.29. The molecule has 0 saturated heterocycles. The molecule has 0 fully saturated rings. The second-order valence-electron chi connectivity index (χ2n) is 6.97. The Morgan fingerprint density at radius 2 is 1.63 bits per heavy atom. The van der Waals surface area contributed by atoms with Crippen LogP contribution in [0.2, 0.25) is 0 Å². The highest BCUT2D eigenvalue weighted by molar-refractivity contribution is 7.98. The van der Waals surface area contributed by atoms with Crippen molar-refractivity contribution >= 4 is 11.8 Å². The fraction of sp³-hybridized carbons (Fsp3) is 0.125. The first-order valence-corrected chi connectivity index (χ1v) is 10.4. The summed E-state index contributed by atoms with van der Waals surface area (Å²) in [7, 11) is 0. The molecule has 152 valence electrons. The summed E-state index contributed by atoms with van der Waals surface area (Å²) in [5.74, 6) is 0.523. The quantitative estimate of drug-likeness (QED) is 0.316. The number of hydrogen-bond donors (Lipinski definition) is 0. The SMILES string of the molecule is Cc1cccc(-n2cc(-c3ccccc3)nc2SCc2ccc(C(F)(F)F)cc2)c1. The van der Waals surface area contributed by atoms with Gasteiger partial charge in [0.2, 0.25) is 0 Å². The second-order valence-corrected chi connectivity index (χ2v) is 7.91. The van der Waals surface area contributed by atoms with E-state index < -0.39 is 11.7 Å². The van der Waals surface area contributed by atoms with E-state index in [1.807, 2.05) is 66.2 Å². The van der Waals surface area contributed by atoms with Crippen LogP contribution < -0.4 is 0 Å². The van der Waals surface area contributed by atoms with Crippen molar-refractivity contribution in [2.45, 2.75) is 24.0 Å². The van der Waals surface area contributed by atoms with Gasteiger partial charge in [0, 0.05) is 23.2 Å². The highest BCUT2D eigenvalue weighted by Crippen LogP contribution is 2.32. The van der Waals surface area contributed by atoms with E-state index in [2.05, 4.69) is 6.07 Å². The molecule has 0 radical (unpaired) electrons. The Kier molecular flexibility index (Phi) is 5.68. The van der Waals surface area contributed by atoms with Crippen LogP contribution >= 0.6 is 11.8 Å². The summed E-state index contributed by atoms with van der Waals surface area (Å²) < 4.78 is 40.4. The predicted octanol–water partition coefficient (Wildman–Crippen LogP) is 7.16. The molecule has 4 aromatic rings. The average molecular weight is 424 g/mol. The van der Waals surface area contributed by atoms with Crippen LogP contribution in [0.1, 0.15) is 16.7 Å². The maximum atomic E-state index is 12.8. The molecule has 1 aromatic heterocycles. The van der Waals surface area contributed by atoms with Crippen LogP contribution in [0.25, 0.3) is 16.9 Å². The summed E-state index contributed by atoms with van der Waals surface area (Å²) >= 11 is 1.50. The maximum Gasteiger partial charge on any atom is 0.416 e. The van der Waals surface area contributed by atoms with Crippen LogP contribution in [-0.2, 0) is 11.9 Å². The zero-order valence-corrected chi connectivity index (χ0v) is 17.0. The first kappa shape index (κ1) is 20.3. The van der Waals surface area contributed by atoms with E-state index >= 15 is 0 Å². The van der Waals surface area contributed by atoms with E-state index in [1.165, 1.54) is 23.9 Å². The van der Waals surface area contributed by atoms with Crippen molar-refractivity contribution in [1.29, 1.82) is 0 Å². The van der Waals surface area contributed by atoms with Crippen LogP contribution in [0.4, 0.5) is 13.2 Å². The summed E-state index contributed by atoms with van der Waals surface area (Å²) in [6.07, 6.45) is -2.32. The Balaban J connectivity index is 1.63. The minimum absolute atomic E-state index is 0.523. The zero-order valence-electron chi connectivity index (χ0n) is 16.2. The van der Waals surface area contributed by atoms with Crippen LogP contribution in [0.15, 0.2) is 90.2 Å². The number of aryl methyl sites for hydroxylation is 1. The number of imidazole rings is 1. The molecule has 0 aliphatic carbocycles. The van der Waals surface area contributed by atoms with Crippen molar-refractivity contribution in [1.82, 2.24) is 9.55 Å². The molecule has 0 bridgehead atoms. The molecular formula is C24H19F3N2S. The Morgan fingerprint density at radius 1 is 0.900 bits per heavy atom. The number of nitrogens with zero attached hydrogens (tertiary/aromatic N) is 2. The first-order chi connectivity index (χ1) is 14.4. The molecule has 0 saturated carbocycles. The van der Waals surface area contributed by atoms with Gasteiger partial charge in [-0.3, -0.25) is 4.57 Å². The van der Waals surface area contributed by atoms with Gasteiger partial charge in [-0.1, -0.05) is 66.4 Å². The molecule has 0 aliphatic heterocycles. The molecule has 0 unspecified atom stereocenters. The number of hydrogen-bond acceptors (Lipinski definition) is 2. The summed E-state index contributed by atoms with van der Waals surface area (Å²) in [6.45, 7) is 2.04. The number of rotatable bonds is 5. The van der Waals surface area contributed by atoms with Crippen LogP contribution in [0.3, 0.4) is 0 Å². The van der Waals surface area contributed by atoms with E-state index in [4.69, 9.17) is 4.98 Å². The molecule has 0 spiro atoms. The molecule has 4 rings (SSSR count). The van der Waals surface area contributed by atoms with E-state index in [1.54, 1.807) is 0 Å². The highest BCUT2D eigenvalue weighted by atomic mass is 32.2. The van der Waals surface area contributed by atoms with Crippen LogP contribution in [0, 0.1) is 6.92 Å². The molecule has 2 nitrogen and oxygen atoms in total. The Morgan fingerprint density at radius 3 is 2.30 bits per heavy atom. The van der Waals surface area contributed by atoms with Crippen molar-refractivity contribution in [3.8, 4) is 16.9 Å². The van der Waals surface area contributed by atoms with Crippen molar-refractivity contribution in [3.05, 3.63) is 102 Å². The lowest BCUT2D eigenvalue weighted by Gasteiger charge is -2.09. The lowest BCUT2D eigenvalue weighted by Crippen LogP contribution is -2.04. The number of aromatic nitrogens is 2. The third-order valence-corrected chi connectivity index (χ3v) is 5.70. The third-order valence-electron chi connectivity index (χ3n) is 4.67. The number of alkyl halides is 3. The molecule has 30 heavy (non-hydrogen) atoms. The molecule has 0 amide bonds. The minimum Gasteiger partial charge on any atom is -0.294 e. The number of halogens is 3. The number of benzene rings is 3. The summed E-state index contributed by atoms with van der Waals surface area (Å²) in [5.41, 5.74) is 4.19. The van der Waals surface area contributed by atoms with Gasteiger partial charge in [-0.2, -0.15) is 13.2 Å². The van der Waals surface area contributed by atoms with Gasteiger partial charge in [-0.15, -0.1) is 0 Å². The Bertz CT molecular complexity index is 1130. The van der Waals surface area contributed by atoms with Gasteiger partial charge in [-0.25, -0.2) is 4.98 Å². The van der Waals surface area contributed by atoms with Crippen molar-refractivity contribution < 1.29 is 13.2 Å². The van der Waals surface area contributed by atoms with Crippen molar-refractivity contribution in [2.75, 3.05) is 0 Å². The second kappa shape index (κ2) is 8.40. The standard InChI is InChI=1S/C24H19F3N2S/c1-17-6-5-9-21(14-17)29-15-22(19-7-3-2-4-8-19)28-23(29)30-16-18-10-12-20(13-11-18)24(25,26)27/h2-15H,16H2,1H3. The maximum absolute atomic E-state index is 12.8.